The van der Waals surface area contributed by atoms with Crippen LogP contribution in [0.1, 0.15) is 29.3 Å². The Morgan fingerprint density at radius 1 is 1.18 bits per heavy atom. The number of fused-ring (bicyclic) bond motifs is 1. The summed E-state index contributed by atoms with van der Waals surface area (Å²) in [7, 11) is 1.47. The van der Waals surface area contributed by atoms with Crippen molar-refractivity contribution < 1.29 is 23.4 Å². The van der Waals surface area contributed by atoms with Gasteiger partial charge in [-0.1, -0.05) is 18.5 Å². The Balaban J connectivity index is 1.89. The summed E-state index contributed by atoms with van der Waals surface area (Å²) in [4.78, 5) is 24.1. The Labute approximate surface area is 166 Å². The van der Waals surface area contributed by atoms with Gasteiger partial charge in [0, 0.05) is 17.5 Å². The first-order valence-electron chi connectivity index (χ1n) is 8.70. The third kappa shape index (κ3) is 4.12. The summed E-state index contributed by atoms with van der Waals surface area (Å²) in [5.41, 5.74) is 0.863. The molecule has 0 bridgehead atoms. The number of benzene rings is 2. The minimum absolute atomic E-state index is 0.205. The van der Waals surface area contributed by atoms with E-state index in [2.05, 4.69) is 0 Å². The molecule has 6 nitrogen and oxygen atoms in total. The zero-order chi connectivity index (χ0) is 20.3. The highest BCUT2D eigenvalue weighted by molar-refractivity contribution is 6.32. The number of aryl methyl sites for hydroxylation is 1. The average Bonchev–Trinajstić information content (AvgIpc) is 2.66. The third-order valence-corrected chi connectivity index (χ3v) is 4.33. The van der Waals surface area contributed by atoms with Crippen LogP contribution in [-0.2, 0) is 0 Å². The minimum atomic E-state index is -0.628. The van der Waals surface area contributed by atoms with Crippen LogP contribution in [0.2, 0.25) is 5.02 Å². The van der Waals surface area contributed by atoms with Crippen molar-refractivity contribution in [3.8, 4) is 17.2 Å². The van der Waals surface area contributed by atoms with Gasteiger partial charge in [0.05, 0.1) is 24.3 Å². The van der Waals surface area contributed by atoms with Crippen LogP contribution in [-0.4, -0.2) is 19.7 Å². The van der Waals surface area contributed by atoms with Crippen LogP contribution in [0.3, 0.4) is 0 Å². The molecule has 146 valence electrons. The van der Waals surface area contributed by atoms with Crippen LogP contribution in [0.5, 0.6) is 17.2 Å². The Bertz CT molecular complexity index is 1090. The van der Waals surface area contributed by atoms with Crippen molar-refractivity contribution in [2.45, 2.75) is 20.3 Å². The molecule has 0 amide bonds. The number of rotatable bonds is 6. The first-order valence-corrected chi connectivity index (χ1v) is 9.07. The van der Waals surface area contributed by atoms with E-state index in [0.717, 1.165) is 17.4 Å². The number of methoxy groups -OCH3 is 1. The molecule has 0 aliphatic carbocycles. The van der Waals surface area contributed by atoms with E-state index in [1.165, 1.54) is 31.4 Å². The van der Waals surface area contributed by atoms with E-state index >= 15 is 0 Å². The topological polar surface area (TPSA) is 75.0 Å². The molecule has 0 aliphatic rings. The van der Waals surface area contributed by atoms with Crippen molar-refractivity contribution >= 4 is 28.5 Å². The standard InChI is InChI=1S/C21H19ClO6/c1-4-7-26-20-16(22)9-13(10-18(20)25-3)21(24)27-14-5-6-15-12(2)8-19(23)28-17(15)11-14/h5-6,8-11H,4,7H2,1-3H3. The van der Waals surface area contributed by atoms with Gasteiger partial charge < -0.3 is 18.6 Å². The molecule has 0 fully saturated rings. The molecular weight excluding hydrogens is 384 g/mol. The molecule has 0 aliphatic heterocycles. The van der Waals surface area contributed by atoms with E-state index in [4.69, 9.17) is 30.2 Å². The molecule has 3 aromatic rings. The molecule has 0 N–H and O–H groups in total. The number of esters is 1. The molecule has 0 radical (unpaired) electrons. The lowest BCUT2D eigenvalue weighted by Crippen LogP contribution is -2.10. The van der Waals surface area contributed by atoms with Crippen molar-refractivity contribution in [2.75, 3.05) is 13.7 Å². The number of halogens is 1. The van der Waals surface area contributed by atoms with E-state index in [-0.39, 0.29) is 16.3 Å². The molecule has 0 atom stereocenters. The summed E-state index contributed by atoms with van der Waals surface area (Å²) < 4.78 is 21.4. The predicted octanol–water partition coefficient (Wildman–Crippen LogP) is 4.77. The zero-order valence-corrected chi connectivity index (χ0v) is 16.5. The van der Waals surface area contributed by atoms with E-state index in [1.54, 1.807) is 19.1 Å². The monoisotopic (exact) mass is 402 g/mol. The Morgan fingerprint density at radius 2 is 1.96 bits per heavy atom. The fourth-order valence-corrected chi connectivity index (χ4v) is 2.98. The molecule has 0 spiro atoms. The van der Waals surface area contributed by atoms with Crippen LogP contribution in [0.25, 0.3) is 11.0 Å². The first kappa shape index (κ1) is 19.8. The number of hydrogen-bond acceptors (Lipinski definition) is 6. The second-order valence-electron chi connectivity index (χ2n) is 6.13. The van der Waals surface area contributed by atoms with Crippen LogP contribution >= 0.6 is 11.6 Å². The van der Waals surface area contributed by atoms with Crippen LogP contribution in [0, 0.1) is 6.92 Å². The highest BCUT2D eigenvalue weighted by Gasteiger charge is 2.18. The van der Waals surface area contributed by atoms with Gasteiger partial charge in [-0.2, -0.15) is 0 Å². The summed E-state index contributed by atoms with van der Waals surface area (Å²) in [5, 5.41) is 1.02. The third-order valence-electron chi connectivity index (χ3n) is 4.05. The number of hydrogen-bond donors (Lipinski definition) is 0. The van der Waals surface area contributed by atoms with Crippen LogP contribution in [0.15, 0.2) is 45.6 Å². The number of carbonyl (C=O) groups is 1. The maximum absolute atomic E-state index is 12.6. The van der Waals surface area contributed by atoms with Crippen molar-refractivity contribution in [1.29, 1.82) is 0 Å². The van der Waals surface area contributed by atoms with E-state index in [9.17, 15) is 9.59 Å². The van der Waals surface area contributed by atoms with E-state index in [1.807, 2.05) is 6.92 Å². The molecule has 3 rings (SSSR count). The average molecular weight is 403 g/mol. The Morgan fingerprint density at radius 3 is 2.68 bits per heavy atom. The smallest absolute Gasteiger partial charge is 0.343 e. The molecule has 0 unspecified atom stereocenters. The molecule has 2 aromatic carbocycles. The van der Waals surface area contributed by atoms with Crippen molar-refractivity contribution in [2.24, 2.45) is 0 Å². The molecule has 1 aromatic heterocycles. The van der Waals surface area contributed by atoms with Crippen LogP contribution < -0.4 is 19.8 Å². The van der Waals surface area contributed by atoms with E-state index in [0.29, 0.717) is 23.7 Å². The maximum Gasteiger partial charge on any atom is 0.343 e. The van der Waals surface area contributed by atoms with Crippen molar-refractivity contribution in [3.05, 3.63) is 63.0 Å². The largest absolute Gasteiger partial charge is 0.493 e. The highest BCUT2D eigenvalue weighted by atomic mass is 35.5. The predicted molar refractivity (Wildman–Crippen MR) is 106 cm³/mol. The van der Waals surface area contributed by atoms with Gasteiger partial charge in [-0.05, 0) is 43.2 Å². The van der Waals surface area contributed by atoms with Crippen LogP contribution in [0.4, 0.5) is 0 Å². The lowest BCUT2D eigenvalue weighted by atomic mass is 10.1. The summed E-state index contributed by atoms with van der Waals surface area (Å²) in [6.45, 7) is 4.25. The molecule has 28 heavy (non-hydrogen) atoms. The molecule has 1 heterocycles. The lowest BCUT2D eigenvalue weighted by Gasteiger charge is -2.13. The van der Waals surface area contributed by atoms with Gasteiger partial charge in [-0.25, -0.2) is 9.59 Å². The van der Waals surface area contributed by atoms with Crippen molar-refractivity contribution in [1.82, 2.24) is 0 Å². The maximum atomic E-state index is 12.6. The Kier molecular flexibility index (Phi) is 5.90. The quantitative estimate of drug-likeness (QED) is 0.336. The lowest BCUT2D eigenvalue weighted by molar-refractivity contribution is 0.0734. The summed E-state index contributed by atoms with van der Waals surface area (Å²) in [6.07, 6.45) is 0.806. The number of carbonyl (C=O) groups excluding carboxylic acids is 1. The second-order valence-corrected chi connectivity index (χ2v) is 6.54. The summed E-state index contributed by atoms with van der Waals surface area (Å²) in [5.74, 6) is 0.336. The molecular formula is C21H19ClO6. The molecule has 0 saturated carbocycles. The van der Waals surface area contributed by atoms with Gasteiger partial charge in [-0.3, -0.25) is 0 Å². The van der Waals surface area contributed by atoms with Gasteiger partial charge in [0.1, 0.15) is 11.3 Å². The van der Waals surface area contributed by atoms with Gasteiger partial charge in [-0.15, -0.1) is 0 Å². The van der Waals surface area contributed by atoms with Crippen molar-refractivity contribution in [3.63, 3.8) is 0 Å². The van der Waals surface area contributed by atoms with Gasteiger partial charge in [0.15, 0.2) is 11.5 Å². The summed E-state index contributed by atoms with van der Waals surface area (Å²) >= 11 is 6.25. The zero-order valence-electron chi connectivity index (χ0n) is 15.7. The van der Waals surface area contributed by atoms with Gasteiger partial charge in [0.2, 0.25) is 0 Å². The fourth-order valence-electron chi connectivity index (χ4n) is 2.72. The second kappa shape index (κ2) is 8.35. The highest BCUT2D eigenvalue weighted by Crippen LogP contribution is 2.37. The first-order chi connectivity index (χ1) is 13.4. The fraction of sp³-hybridized carbons (Fsp3) is 0.238. The summed E-state index contributed by atoms with van der Waals surface area (Å²) in [6, 6.07) is 9.23. The van der Waals surface area contributed by atoms with Gasteiger partial charge >= 0.3 is 11.6 Å². The van der Waals surface area contributed by atoms with Gasteiger partial charge in [0.25, 0.3) is 0 Å². The van der Waals surface area contributed by atoms with E-state index < -0.39 is 11.6 Å². The molecule has 7 heteroatoms. The normalized spacial score (nSPS) is 10.7. The SMILES string of the molecule is CCCOc1c(Cl)cc(C(=O)Oc2ccc3c(C)cc(=O)oc3c2)cc1OC. The Hall–Kier alpha value is -2.99. The number of ether oxygens (including phenoxy) is 3. The minimum Gasteiger partial charge on any atom is -0.493 e. The molecule has 0 saturated heterocycles.